The highest BCUT2D eigenvalue weighted by Gasteiger charge is 2.61. The molecule has 3 aliphatic rings. The lowest BCUT2D eigenvalue weighted by molar-refractivity contribution is -0.147. The summed E-state index contributed by atoms with van der Waals surface area (Å²) in [6.45, 7) is 1.80. The molecule has 2 aliphatic carbocycles. The van der Waals surface area contributed by atoms with Gasteiger partial charge in [-0.2, -0.15) is 0 Å². The molecule has 1 aliphatic heterocycles. The van der Waals surface area contributed by atoms with E-state index in [0.717, 1.165) is 17.0 Å². The fourth-order valence-electron chi connectivity index (χ4n) is 4.91. The third-order valence-electron chi connectivity index (χ3n) is 6.15. The summed E-state index contributed by atoms with van der Waals surface area (Å²) in [5.74, 6) is -1.29. The van der Waals surface area contributed by atoms with Crippen molar-refractivity contribution in [3.63, 3.8) is 0 Å². The van der Waals surface area contributed by atoms with E-state index in [1.807, 2.05) is 30.3 Å². The maximum atomic E-state index is 13.2. The molecule has 29 heavy (non-hydrogen) atoms. The van der Waals surface area contributed by atoms with Gasteiger partial charge in [-0.15, -0.1) is 10.2 Å². The first-order valence-corrected chi connectivity index (χ1v) is 10.5. The number of anilines is 1. The van der Waals surface area contributed by atoms with Gasteiger partial charge in [-0.1, -0.05) is 53.8 Å². The quantitative estimate of drug-likeness (QED) is 0.605. The molecule has 1 N–H and O–H groups in total. The first-order chi connectivity index (χ1) is 14.0. The molecular weight excluding hydrogens is 388 g/mol. The normalized spacial score (nSPS) is 28.1. The smallest absolute Gasteiger partial charge is 0.249 e. The maximum Gasteiger partial charge on any atom is 0.249 e. The molecule has 1 aromatic carbocycles. The number of aryl methyl sites for hydroxylation is 1. The number of rotatable bonds is 5. The number of likely N-dealkylation sites (tertiary alicyclic amines) is 1. The second-order valence-electron chi connectivity index (χ2n) is 7.87. The highest BCUT2D eigenvalue weighted by molar-refractivity contribution is 7.15. The van der Waals surface area contributed by atoms with Gasteiger partial charge in [-0.3, -0.25) is 24.6 Å². The van der Waals surface area contributed by atoms with E-state index in [9.17, 15) is 14.4 Å². The Labute approximate surface area is 171 Å². The van der Waals surface area contributed by atoms with Gasteiger partial charge in [0.25, 0.3) is 0 Å². The molecule has 5 atom stereocenters. The van der Waals surface area contributed by atoms with Crippen LogP contribution in [0.25, 0.3) is 0 Å². The van der Waals surface area contributed by atoms with Gasteiger partial charge >= 0.3 is 0 Å². The van der Waals surface area contributed by atoms with E-state index in [2.05, 4.69) is 27.7 Å². The zero-order valence-corrected chi connectivity index (χ0v) is 16.6. The summed E-state index contributed by atoms with van der Waals surface area (Å²) in [6, 6.07) is 8.53. The van der Waals surface area contributed by atoms with Crippen molar-refractivity contribution in [3.8, 4) is 0 Å². The van der Waals surface area contributed by atoms with Crippen molar-refractivity contribution in [2.24, 2.45) is 23.7 Å². The Morgan fingerprint density at radius 1 is 1.14 bits per heavy atom. The number of carbonyl (C=O) groups is 3. The number of benzene rings is 1. The number of aromatic nitrogens is 2. The lowest BCUT2D eigenvalue weighted by atomic mass is 9.85. The fourth-order valence-corrected chi connectivity index (χ4v) is 5.50. The molecule has 1 aromatic heterocycles. The molecule has 8 heteroatoms. The molecule has 2 bridgehead atoms. The van der Waals surface area contributed by atoms with Crippen LogP contribution in [0.4, 0.5) is 5.13 Å². The number of hydrogen-bond acceptors (Lipinski definition) is 6. The summed E-state index contributed by atoms with van der Waals surface area (Å²) in [5, 5.41) is 11.7. The summed E-state index contributed by atoms with van der Waals surface area (Å²) in [6.07, 6.45) is 5.23. The molecule has 0 radical (unpaired) electrons. The molecule has 7 nitrogen and oxygen atoms in total. The fraction of sp³-hybridized carbons (Fsp3) is 0.381. The number of nitrogens with one attached hydrogen (secondary N) is 1. The lowest BCUT2D eigenvalue weighted by Gasteiger charge is -2.26. The minimum absolute atomic E-state index is 0.109. The van der Waals surface area contributed by atoms with E-state index in [1.54, 1.807) is 6.92 Å². The van der Waals surface area contributed by atoms with E-state index in [0.29, 0.717) is 5.13 Å². The van der Waals surface area contributed by atoms with Gasteiger partial charge in [0, 0.05) is 6.42 Å². The van der Waals surface area contributed by atoms with Crippen molar-refractivity contribution in [3.05, 3.63) is 53.1 Å². The Kier molecular flexibility index (Phi) is 4.31. The first kappa shape index (κ1) is 18.2. The van der Waals surface area contributed by atoms with Crippen LogP contribution in [0.5, 0.6) is 0 Å². The molecule has 2 aromatic rings. The van der Waals surface area contributed by atoms with Gasteiger partial charge in [-0.25, -0.2) is 0 Å². The number of carbonyl (C=O) groups excluding carboxylic acids is 3. The SMILES string of the molecule is Cc1nnc(NC(=O)C(Cc2ccccc2)N2C(=O)C3C4C=CC(C4)C3C2=O)s1. The van der Waals surface area contributed by atoms with E-state index in [4.69, 9.17) is 0 Å². The van der Waals surface area contributed by atoms with E-state index in [1.165, 1.54) is 16.2 Å². The molecule has 0 spiro atoms. The van der Waals surface area contributed by atoms with E-state index >= 15 is 0 Å². The van der Waals surface area contributed by atoms with Gasteiger partial charge in [-0.05, 0) is 30.7 Å². The monoisotopic (exact) mass is 408 g/mol. The van der Waals surface area contributed by atoms with Crippen LogP contribution >= 0.6 is 11.3 Å². The van der Waals surface area contributed by atoms with Gasteiger partial charge in [0.2, 0.25) is 22.9 Å². The number of nitrogens with zero attached hydrogens (tertiary/aromatic N) is 3. The summed E-state index contributed by atoms with van der Waals surface area (Å²) < 4.78 is 0. The van der Waals surface area contributed by atoms with Gasteiger partial charge in [0.1, 0.15) is 11.0 Å². The minimum atomic E-state index is -0.911. The lowest BCUT2D eigenvalue weighted by Crippen LogP contribution is -2.49. The summed E-state index contributed by atoms with van der Waals surface area (Å²) in [4.78, 5) is 40.9. The van der Waals surface area contributed by atoms with Gasteiger partial charge in [0.15, 0.2) is 0 Å². The van der Waals surface area contributed by atoms with Gasteiger partial charge in [0.05, 0.1) is 11.8 Å². The van der Waals surface area contributed by atoms with Crippen LogP contribution in [-0.4, -0.2) is 38.9 Å². The largest absolute Gasteiger partial charge is 0.299 e. The molecule has 5 rings (SSSR count). The Hall–Kier alpha value is -2.87. The standard InChI is InChI=1S/C21H20N4O3S/c1-11-23-24-21(29-11)22-18(26)15(9-12-5-3-2-4-6-12)25-19(27)16-13-7-8-14(10-13)17(16)20(25)28/h2-8,13-17H,9-10H2,1H3,(H,22,24,26). The second-order valence-corrected chi connectivity index (χ2v) is 9.05. The Bertz CT molecular complexity index is 988. The van der Waals surface area contributed by atoms with Crippen LogP contribution in [0, 0.1) is 30.6 Å². The molecule has 1 saturated carbocycles. The van der Waals surface area contributed by atoms with Crippen LogP contribution in [0.2, 0.25) is 0 Å². The zero-order chi connectivity index (χ0) is 20.1. The third kappa shape index (κ3) is 2.98. The maximum absolute atomic E-state index is 13.2. The number of hydrogen-bond donors (Lipinski definition) is 1. The third-order valence-corrected chi connectivity index (χ3v) is 6.90. The molecule has 1 saturated heterocycles. The molecule has 5 unspecified atom stereocenters. The number of allylic oxidation sites excluding steroid dienone is 2. The molecule has 2 heterocycles. The van der Waals surface area contributed by atoms with Gasteiger partial charge < -0.3 is 0 Å². The molecule has 2 fully saturated rings. The summed E-state index contributed by atoms with van der Waals surface area (Å²) >= 11 is 1.26. The van der Waals surface area contributed by atoms with E-state index in [-0.39, 0.29) is 41.9 Å². The Balaban J connectivity index is 1.46. The van der Waals surface area contributed by atoms with Crippen molar-refractivity contribution in [2.75, 3.05) is 5.32 Å². The van der Waals surface area contributed by atoms with Crippen LogP contribution in [0.15, 0.2) is 42.5 Å². The molecule has 3 amide bonds. The highest BCUT2D eigenvalue weighted by Crippen LogP contribution is 2.53. The average molecular weight is 408 g/mol. The van der Waals surface area contributed by atoms with Crippen molar-refractivity contribution < 1.29 is 14.4 Å². The Morgan fingerprint density at radius 2 is 1.79 bits per heavy atom. The number of fused-ring (bicyclic) bond motifs is 5. The van der Waals surface area contributed by atoms with Crippen LogP contribution in [0.1, 0.15) is 17.0 Å². The predicted octanol–water partition coefficient (Wildman–Crippen LogP) is 2.20. The van der Waals surface area contributed by atoms with E-state index < -0.39 is 11.9 Å². The van der Waals surface area contributed by atoms with Crippen molar-refractivity contribution in [1.29, 1.82) is 0 Å². The number of imide groups is 1. The van der Waals surface area contributed by atoms with Crippen LogP contribution in [-0.2, 0) is 20.8 Å². The zero-order valence-electron chi connectivity index (χ0n) is 15.8. The van der Waals surface area contributed by atoms with Crippen LogP contribution < -0.4 is 5.32 Å². The van der Waals surface area contributed by atoms with Crippen molar-refractivity contribution in [1.82, 2.24) is 15.1 Å². The predicted molar refractivity (Wildman–Crippen MR) is 107 cm³/mol. The molecule has 148 valence electrons. The minimum Gasteiger partial charge on any atom is -0.299 e. The summed E-state index contributed by atoms with van der Waals surface area (Å²) in [5.41, 5.74) is 0.889. The van der Waals surface area contributed by atoms with Crippen LogP contribution in [0.3, 0.4) is 0 Å². The number of amides is 3. The Morgan fingerprint density at radius 3 is 2.38 bits per heavy atom. The average Bonchev–Trinajstić information content (AvgIpc) is 3.47. The topological polar surface area (TPSA) is 92.3 Å². The first-order valence-electron chi connectivity index (χ1n) is 9.73. The summed E-state index contributed by atoms with van der Waals surface area (Å²) in [7, 11) is 0. The highest BCUT2D eigenvalue weighted by atomic mass is 32.1. The molecular formula is C21H20N4O3S. The van der Waals surface area contributed by atoms with Crippen molar-refractivity contribution in [2.45, 2.75) is 25.8 Å². The second kappa shape index (κ2) is 6.88. The van der Waals surface area contributed by atoms with Crippen molar-refractivity contribution >= 4 is 34.2 Å².